The van der Waals surface area contributed by atoms with Crippen LogP contribution in [0, 0.1) is 5.41 Å². The number of fused-ring (bicyclic) bond motifs is 3. The van der Waals surface area contributed by atoms with E-state index in [1.165, 1.54) is 36.9 Å². The quantitative estimate of drug-likeness (QED) is 0.159. The van der Waals surface area contributed by atoms with Crippen molar-refractivity contribution in [3.8, 4) is 11.3 Å². The summed E-state index contributed by atoms with van der Waals surface area (Å²) in [5.74, 6) is 0. The molecule has 0 radical (unpaired) electrons. The van der Waals surface area contributed by atoms with E-state index in [4.69, 9.17) is 15.0 Å². The first-order valence-electron chi connectivity index (χ1n) is 18.1. The molecule has 8 rings (SSSR count). The van der Waals surface area contributed by atoms with Crippen LogP contribution >= 0.6 is 11.3 Å². The van der Waals surface area contributed by atoms with Crippen LogP contribution in [0.1, 0.15) is 74.0 Å². The molecule has 0 fully saturated rings. The summed E-state index contributed by atoms with van der Waals surface area (Å²) in [4.78, 5) is 15.6. The molecule has 0 spiro atoms. The first-order chi connectivity index (χ1) is 25.1. The molecular formula is C48H43N3S. The smallest absolute Gasteiger partial charge is 0.0884 e. The largest absolute Gasteiger partial charge is 0.260 e. The fourth-order valence-electron chi connectivity index (χ4n) is 7.72. The van der Waals surface area contributed by atoms with E-state index in [1.807, 2.05) is 35.9 Å². The Morgan fingerprint density at radius 2 is 1.10 bits per heavy atom. The van der Waals surface area contributed by atoms with Crippen molar-refractivity contribution in [3.05, 3.63) is 197 Å². The normalized spacial score (nSPS) is 14.2. The predicted octanol–water partition coefficient (Wildman–Crippen LogP) is 12.2. The number of rotatable bonds is 8. The van der Waals surface area contributed by atoms with Crippen molar-refractivity contribution >= 4 is 31.5 Å². The van der Waals surface area contributed by atoms with E-state index in [0.29, 0.717) is 0 Å². The molecule has 2 atom stereocenters. The highest BCUT2D eigenvalue weighted by Gasteiger charge is 2.36. The van der Waals surface area contributed by atoms with Gasteiger partial charge in [-0.3, -0.25) is 9.97 Å². The maximum absolute atomic E-state index is 5.70. The van der Waals surface area contributed by atoms with Gasteiger partial charge in [-0.2, -0.15) is 0 Å². The van der Waals surface area contributed by atoms with Gasteiger partial charge in [-0.25, -0.2) is 4.98 Å². The van der Waals surface area contributed by atoms with Crippen LogP contribution in [0.15, 0.2) is 158 Å². The zero-order chi connectivity index (χ0) is 35.9. The summed E-state index contributed by atoms with van der Waals surface area (Å²) >= 11 is 1.85. The van der Waals surface area contributed by atoms with Crippen LogP contribution in [0.3, 0.4) is 0 Å². The van der Waals surface area contributed by atoms with E-state index < -0.39 is 10.8 Å². The number of benzene rings is 4. The van der Waals surface area contributed by atoms with Crippen molar-refractivity contribution in [2.24, 2.45) is 5.41 Å². The SMILES string of the molecule is CC(C)(C)Cc1ccc2c(c1)sc1c(-c3cccc(C(C)(c4ccccc4)c4ccccn4)c3)nc([C@](C)(c3ccccc3)c3ccccn3)cc12. The molecule has 0 N–H and O–H groups in total. The summed E-state index contributed by atoms with van der Waals surface area (Å²) in [6, 6.07) is 52.1. The average Bonchev–Trinajstić information content (AvgIpc) is 3.55. The van der Waals surface area contributed by atoms with Crippen molar-refractivity contribution in [2.75, 3.05) is 0 Å². The van der Waals surface area contributed by atoms with Crippen LogP contribution in [0.4, 0.5) is 0 Å². The summed E-state index contributed by atoms with van der Waals surface area (Å²) in [5, 5.41) is 2.49. The van der Waals surface area contributed by atoms with Gasteiger partial charge in [0, 0.05) is 33.4 Å². The van der Waals surface area contributed by atoms with Crippen LogP contribution in [0.2, 0.25) is 0 Å². The molecular weight excluding hydrogens is 651 g/mol. The van der Waals surface area contributed by atoms with Gasteiger partial charge in [-0.15, -0.1) is 11.3 Å². The first kappa shape index (κ1) is 33.7. The van der Waals surface area contributed by atoms with Crippen LogP contribution in [-0.4, -0.2) is 15.0 Å². The number of hydrogen-bond donors (Lipinski definition) is 0. The van der Waals surface area contributed by atoms with Gasteiger partial charge < -0.3 is 0 Å². The van der Waals surface area contributed by atoms with Crippen LogP contribution < -0.4 is 0 Å². The molecule has 0 aliphatic heterocycles. The van der Waals surface area contributed by atoms with Gasteiger partial charge in [-0.05, 0) is 90.4 Å². The summed E-state index contributed by atoms with van der Waals surface area (Å²) in [5.41, 5.74) is 9.00. The zero-order valence-corrected chi connectivity index (χ0v) is 31.3. The van der Waals surface area contributed by atoms with Crippen LogP contribution in [-0.2, 0) is 17.3 Å². The molecule has 3 nitrogen and oxygen atoms in total. The maximum Gasteiger partial charge on any atom is 0.0884 e. The van der Waals surface area contributed by atoms with E-state index in [2.05, 4.69) is 168 Å². The Kier molecular flexibility index (Phi) is 8.59. The molecule has 1 unspecified atom stereocenters. The zero-order valence-electron chi connectivity index (χ0n) is 30.5. The molecule has 4 heterocycles. The minimum atomic E-state index is -0.601. The number of thiophene rings is 1. The predicted molar refractivity (Wildman–Crippen MR) is 218 cm³/mol. The van der Waals surface area contributed by atoms with Gasteiger partial charge in [-0.1, -0.05) is 124 Å². The Morgan fingerprint density at radius 1 is 0.500 bits per heavy atom. The fourth-order valence-corrected chi connectivity index (χ4v) is 8.98. The molecule has 8 aromatic rings. The molecule has 4 aromatic heterocycles. The number of nitrogens with zero attached hydrogens (tertiary/aromatic N) is 3. The number of aromatic nitrogens is 3. The topological polar surface area (TPSA) is 38.7 Å². The number of hydrogen-bond acceptors (Lipinski definition) is 4. The minimum Gasteiger partial charge on any atom is -0.260 e. The Hall–Kier alpha value is -5.45. The average molecular weight is 694 g/mol. The molecule has 52 heavy (non-hydrogen) atoms. The van der Waals surface area contributed by atoms with Crippen molar-refractivity contribution < 1.29 is 0 Å². The highest BCUT2D eigenvalue weighted by Crippen LogP contribution is 2.46. The Morgan fingerprint density at radius 3 is 1.71 bits per heavy atom. The lowest BCUT2D eigenvalue weighted by molar-refractivity contribution is 0.411. The second-order valence-electron chi connectivity index (χ2n) is 15.4. The van der Waals surface area contributed by atoms with Gasteiger partial charge in [0.1, 0.15) is 0 Å². The Labute approximate surface area is 311 Å². The van der Waals surface area contributed by atoms with Crippen molar-refractivity contribution in [1.29, 1.82) is 0 Å². The first-order valence-corrected chi connectivity index (χ1v) is 18.9. The second-order valence-corrected chi connectivity index (χ2v) is 16.4. The fraction of sp³-hybridized carbons (Fsp3) is 0.188. The molecule has 4 aromatic carbocycles. The van der Waals surface area contributed by atoms with Crippen molar-refractivity contribution in [1.82, 2.24) is 15.0 Å². The monoisotopic (exact) mass is 693 g/mol. The molecule has 0 bridgehead atoms. The molecule has 4 heteroatoms. The van der Waals surface area contributed by atoms with Gasteiger partial charge in [0.15, 0.2) is 0 Å². The van der Waals surface area contributed by atoms with Crippen molar-refractivity contribution in [2.45, 2.75) is 51.9 Å². The highest BCUT2D eigenvalue weighted by molar-refractivity contribution is 7.26. The third kappa shape index (κ3) is 6.01. The second kappa shape index (κ2) is 13.3. The number of pyridine rings is 3. The molecule has 0 aliphatic carbocycles. The van der Waals surface area contributed by atoms with Crippen LogP contribution in [0.25, 0.3) is 31.4 Å². The lowest BCUT2D eigenvalue weighted by Crippen LogP contribution is -2.28. The van der Waals surface area contributed by atoms with E-state index in [1.54, 1.807) is 0 Å². The third-order valence-corrected chi connectivity index (χ3v) is 11.7. The Bertz CT molecular complexity index is 2400. The molecule has 256 valence electrons. The van der Waals surface area contributed by atoms with E-state index >= 15 is 0 Å². The van der Waals surface area contributed by atoms with E-state index in [9.17, 15) is 0 Å². The lowest BCUT2D eigenvalue weighted by Gasteiger charge is -2.31. The maximum atomic E-state index is 5.70. The molecule has 0 amide bonds. The molecule has 0 aliphatic rings. The lowest BCUT2D eigenvalue weighted by atomic mass is 9.73. The van der Waals surface area contributed by atoms with Gasteiger partial charge >= 0.3 is 0 Å². The standard InChI is InChI=1S/C48H43N3S/c1-46(2,3)32-33-25-26-38-39-31-43(48(5,36-20-10-7-11-21-36)42-24-13-15-28-50-42)51-44(45(39)52-40(38)29-33)34-17-16-22-37(30-34)47(4,35-18-8-6-9-19-35)41-23-12-14-27-49-41/h6-31H,32H2,1-5H3/t47?,48-/m1/s1. The minimum absolute atomic E-state index is 0.198. The third-order valence-electron chi connectivity index (χ3n) is 10.5. The van der Waals surface area contributed by atoms with Crippen molar-refractivity contribution in [3.63, 3.8) is 0 Å². The summed E-state index contributed by atoms with van der Waals surface area (Å²) in [6.07, 6.45) is 4.80. The van der Waals surface area contributed by atoms with Crippen LogP contribution in [0.5, 0.6) is 0 Å². The molecule has 0 saturated carbocycles. The van der Waals surface area contributed by atoms with Gasteiger partial charge in [0.2, 0.25) is 0 Å². The summed E-state index contributed by atoms with van der Waals surface area (Å²) < 4.78 is 2.48. The summed E-state index contributed by atoms with van der Waals surface area (Å²) in [7, 11) is 0. The summed E-state index contributed by atoms with van der Waals surface area (Å²) in [6.45, 7) is 11.5. The molecule has 0 saturated heterocycles. The van der Waals surface area contributed by atoms with Gasteiger partial charge in [0.25, 0.3) is 0 Å². The highest BCUT2D eigenvalue weighted by atomic mass is 32.1. The van der Waals surface area contributed by atoms with E-state index in [-0.39, 0.29) is 5.41 Å². The van der Waals surface area contributed by atoms with Gasteiger partial charge in [0.05, 0.1) is 38.3 Å². The van der Waals surface area contributed by atoms with E-state index in [0.717, 1.165) is 40.3 Å². The Balaban J connectivity index is 1.41.